The monoisotopic (exact) mass is 203 g/mol. The molecule has 0 bridgehead atoms. The van der Waals surface area contributed by atoms with Gasteiger partial charge in [-0.25, -0.2) is 0 Å². The van der Waals surface area contributed by atoms with E-state index in [0.717, 1.165) is 5.57 Å². The van der Waals surface area contributed by atoms with Crippen molar-refractivity contribution in [3.63, 3.8) is 0 Å². The lowest BCUT2D eigenvalue weighted by molar-refractivity contribution is -0.111. The molecule has 0 radical (unpaired) electrons. The van der Waals surface area contributed by atoms with Crippen molar-refractivity contribution in [3.05, 3.63) is 60.8 Å². The van der Waals surface area contributed by atoms with Gasteiger partial charge in [0.25, 0.3) is 0 Å². The van der Waals surface area contributed by atoms with Crippen molar-refractivity contribution in [2.75, 3.05) is 6.54 Å². The molecular weight excluding hydrogens is 186 g/mol. The smallest absolute Gasteiger partial charge is 0.191 e. The van der Waals surface area contributed by atoms with Gasteiger partial charge in [0.1, 0.15) is 0 Å². The van der Waals surface area contributed by atoms with Crippen LogP contribution in [0.25, 0.3) is 0 Å². The average Bonchev–Trinajstić information content (AvgIpc) is 2.21. The average molecular weight is 203 g/mol. The quantitative estimate of drug-likeness (QED) is 0.531. The molecule has 0 heterocycles. The fraction of sp³-hybridized carbons (Fsp3) is 0.154. The zero-order valence-electron chi connectivity index (χ0n) is 9.12. The number of hydrogen-bond acceptors (Lipinski definition) is 2. The van der Waals surface area contributed by atoms with Crippen LogP contribution < -0.4 is 5.73 Å². The maximum Gasteiger partial charge on any atom is 0.191 e. The molecule has 0 amide bonds. The Kier molecular flexibility index (Phi) is 5.99. The first-order valence-electron chi connectivity index (χ1n) is 4.61. The SMILES string of the molecule is C=C(C)/C=C\C(=C)C(=O)C(=C)/C=C\CN. The van der Waals surface area contributed by atoms with Gasteiger partial charge in [-0.3, -0.25) is 4.79 Å². The number of carbonyl (C=O) groups excluding carboxylic acids is 1. The summed E-state index contributed by atoms with van der Waals surface area (Å²) in [4.78, 5) is 11.6. The number of hydrogen-bond donors (Lipinski definition) is 1. The van der Waals surface area contributed by atoms with Gasteiger partial charge in [0.2, 0.25) is 0 Å². The first-order chi connectivity index (χ1) is 6.99. The van der Waals surface area contributed by atoms with Gasteiger partial charge < -0.3 is 5.73 Å². The van der Waals surface area contributed by atoms with Crippen LogP contribution in [0.4, 0.5) is 0 Å². The topological polar surface area (TPSA) is 43.1 Å². The molecule has 0 aromatic heterocycles. The minimum absolute atomic E-state index is 0.183. The Morgan fingerprint density at radius 3 is 2.13 bits per heavy atom. The molecule has 0 aromatic rings. The van der Waals surface area contributed by atoms with E-state index in [9.17, 15) is 4.79 Å². The lowest BCUT2D eigenvalue weighted by Gasteiger charge is -1.98. The Morgan fingerprint density at radius 2 is 1.67 bits per heavy atom. The van der Waals surface area contributed by atoms with Crippen LogP contribution in [-0.2, 0) is 4.79 Å². The second-order valence-electron chi connectivity index (χ2n) is 3.20. The molecule has 0 saturated heterocycles. The molecule has 0 aliphatic rings. The van der Waals surface area contributed by atoms with Gasteiger partial charge in [0.15, 0.2) is 5.78 Å². The van der Waals surface area contributed by atoms with Crippen molar-refractivity contribution in [2.45, 2.75) is 6.92 Å². The van der Waals surface area contributed by atoms with E-state index in [4.69, 9.17) is 5.73 Å². The van der Waals surface area contributed by atoms with Crippen molar-refractivity contribution in [1.29, 1.82) is 0 Å². The van der Waals surface area contributed by atoms with Gasteiger partial charge in [-0.1, -0.05) is 49.6 Å². The van der Waals surface area contributed by atoms with Gasteiger partial charge in [0.05, 0.1) is 0 Å². The zero-order chi connectivity index (χ0) is 11.8. The van der Waals surface area contributed by atoms with Crippen molar-refractivity contribution in [2.24, 2.45) is 5.73 Å². The zero-order valence-corrected chi connectivity index (χ0v) is 9.12. The van der Waals surface area contributed by atoms with Gasteiger partial charge in [-0.2, -0.15) is 0 Å². The van der Waals surface area contributed by atoms with Gasteiger partial charge in [0, 0.05) is 17.7 Å². The molecule has 2 heteroatoms. The normalized spacial score (nSPS) is 10.8. The summed E-state index contributed by atoms with van der Waals surface area (Å²) in [5, 5.41) is 0. The summed E-state index contributed by atoms with van der Waals surface area (Å²) in [5.41, 5.74) is 6.91. The Hall–Kier alpha value is -1.67. The molecule has 0 aliphatic carbocycles. The van der Waals surface area contributed by atoms with Crippen LogP contribution in [0.3, 0.4) is 0 Å². The van der Waals surface area contributed by atoms with E-state index in [1.54, 1.807) is 24.3 Å². The largest absolute Gasteiger partial charge is 0.327 e. The Bertz CT molecular complexity index is 346. The predicted octanol–water partition coefficient (Wildman–Crippen LogP) is 2.32. The molecule has 0 fully saturated rings. The fourth-order valence-electron chi connectivity index (χ4n) is 0.811. The highest BCUT2D eigenvalue weighted by Gasteiger charge is 2.05. The highest BCUT2D eigenvalue weighted by Crippen LogP contribution is 2.06. The summed E-state index contributed by atoms with van der Waals surface area (Å²) >= 11 is 0. The number of allylic oxidation sites excluding steroid dienone is 6. The van der Waals surface area contributed by atoms with Crippen LogP contribution >= 0.6 is 0 Å². The second kappa shape index (κ2) is 6.74. The van der Waals surface area contributed by atoms with Crippen LogP contribution in [0.5, 0.6) is 0 Å². The molecule has 80 valence electrons. The van der Waals surface area contributed by atoms with Crippen molar-refractivity contribution in [3.8, 4) is 0 Å². The molecule has 0 aliphatic heterocycles. The summed E-state index contributed by atoms with van der Waals surface area (Å²) in [7, 11) is 0. The first-order valence-corrected chi connectivity index (χ1v) is 4.61. The van der Waals surface area contributed by atoms with Gasteiger partial charge in [-0.15, -0.1) is 0 Å². The standard InChI is InChI=1S/C13H17NO/c1-10(2)7-8-12(4)13(15)11(3)6-5-9-14/h5-8H,1,3-4,9,14H2,2H3/b6-5-,8-7-. The van der Waals surface area contributed by atoms with Crippen molar-refractivity contribution < 1.29 is 4.79 Å². The maximum absolute atomic E-state index is 11.6. The van der Waals surface area contributed by atoms with E-state index < -0.39 is 0 Å². The lowest BCUT2D eigenvalue weighted by atomic mass is 10.1. The van der Waals surface area contributed by atoms with E-state index >= 15 is 0 Å². The highest BCUT2D eigenvalue weighted by molar-refractivity contribution is 6.11. The number of Topliss-reactive ketones (excluding diaryl/α,β-unsaturated/α-hetero) is 1. The predicted molar refractivity (Wildman–Crippen MR) is 65.4 cm³/mol. The Morgan fingerprint density at radius 1 is 1.13 bits per heavy atom. The molecule has 15 heavy (non-hydrogen) atoms. The van der Waals surface area contributed by atoms with Crippen LogP contribution in [0, 0.1) is 0 Å². The maximum atomic E-state index is 11.6. The van der Waals surface area contributed by atoms with E-state index in [1.807, 2.05) is 6.92 Å². The van der Waals surface area contributed by atoms with Gasteiger partial charge >= 0.3 is 0 Å². The molecule has 2 N–H and O–H groups in total. The minimum Gasteiger partial charge on any atom is -0.327 e. The Labute approximate surface area is 91.2 Å². The molecule has 0 rings (SSSR count). The first kappa shape index (κ1) is 13.3. The van der Waals surface area contributed by atoms with Crippen LogP contribution in [0.1, 0.15) is 6.92 Å². The van der Waals surface area contributed by atoms with Crippen LogP contribution in [-0.4, -0.2) is 12.3 Å². The van der Waals surface area contributed by atoms with Crippen LogP contribution in [0.15, 0.2) is 60.8 Å². The Balaban J connectivity index is 4.46. The summed E-state index contributed by atoms with van der Waals surface area (Å²) in [5.74, 6) is -0.183. The third-order valence-electron chi connectivity index (χ3n) is 1.61. The summed E-state index contributed by atoms with van der Waals surface area (Å²) in [6.45, 7) is 13.2. The van der Waals surface area contributed by atoms with E-state index in [2.05, 4.69) is 19.7 Å². The number of rotatable bonds is 6. The van der Waals surface area contributed by atoms with Crippen molar-refractivity contribution in [1.82, 2.24) is 0 Å². The summed E-state index contributed by atoms with van der Waals surface area (Å²) in [6, 6.07) is 0. The van der Waals surface area contributed by atoms with E-state index in [1.165, 1.54) is 0 Å². The third kappa shape index (κ3) is 5.60. The summed E-state index contributed by atoms with van der Waals surface area (Å²) in [6.07, 6.45) is 6.64. The van der Waals surface area contributed by atoms with E-state index in [0.29, 0.717) is 17.7 Å². The molecule has 0 unspecified atom stereocenters. The molecule has 0 spiro atoms. The van der Waals surface area contributed by atoms with Gasteiger partial charge in [-0.05, 0) is 6.92 Å². The van der Waals surface area contributed by atoms with Crippen LogP contribution in [0.2, 0.25) is 0 Å². The minimum atomic E-state index is -0.183. The highest BCUT2D eigenvalue weighted by atomic mass is 16.1. The molecule has 0 atom stereocenters. The summed E-state index contributed by atoms with van der Waals surface area (Å²) < 4.78 is 0. The third-order valence-corrected chi connectivity index (χ3v) is 1.61. The molecule has 2 nitrogen and oxygen atoms in total. The van der Waals surface area contributed by atoms with Crippen molar-refractivity contribution >= 4 is 5.78 Å². The number of nitrogens with two attached hydrogens (primary N) is 1. The molecule has 0 saturated carbocycles. The number of ketones is 1. The molecule has 0 aromatic carbocycles. The fourth-order valence-corrected chi connectivity index (χ4v) is 0.811. The second-order valence-corrected chi connectivity index (χ2v) is 3.20. The molecular formula is C13H17NO. The number of carbonyl (C=O) groups is 1. The van der Waals surface area contributed by atoms with E-state index in [-0.39, 0.29) is 5.78 Å². The lowest BCUT2D eigenvalue weighted by Crippen LogP contribution is -2.01.